The van der Waals surface area contributed by atoms with E-state index < -0.39 is 0 Å². The van der Waals surface area contributed by atoms with Crippen LogP contribution in [-0.2, 0) is 11.2 Å². The molecule has 1 amide bonds. The van der Waals surface area contributed by atoms with Gasteiger partial charge >= 0.3 is 0 Å². The summed E-state index contributed by atoms with van der Waals surface area (Å²) in [6.45, 7) is 0. The summed E-state index contributed by atoms with van der Waals surface area (Å²) in [5, 5.41) is 9.62. The fourth-order valence-electron chi connectivity index (χ4n) is 4.25. The molecule has 0 N–H and O–H groups in total. The van der Waals surface area contributed by atoms with Gasteiger partial charge in [0, 0.05) is 24.8 Å². The number of amides is 1. The minimum absolute atomic E-state index is 0.0381. The van der Waals surface area contributed by atoms with Crippen LogP contribution in [0.15, 0.2) is 108 Å². The second-order valence-corrected chi connectivity index (χ2v) is 10.0. The highest BCUT2D eigenvalue weighted by molar-refractivity contribution is 7.99. The molecule has 0 unspecified atom stereocenters. The monoisotopic (exact) mass is 566 g/mol. The van der Waals surface area contributed by atoms with Crippen molar-refractivity contribution < 1.29 is 19.0 Å². The maximum atomic E-state index is 13.0. The Labute approximate surface area is 243 Å². The van der Waals surface area contributed by atoms with Gasteiger partial charge < -0.3 is 19.1 Å². The van der Waals surface area contributed by atoms with Crippen molar-refractivity contribution in [2.24, 2.45) is 0 Å². The number of ether oxygens (including phenoxy) is 3. The zero-order valence-corrected chi connectivity index (χ0v) is 23.9. The number of carbonyl (C=O) groups excluding carboxylic acids is 1. The summed E-state index contributed by atoms with van der Waals surface area (Å²) in [5.41, 5.74) is 2.68. The normalized spacial score (nSPS) is 10.7. The third-order valence-electron chi connectivity index (χ3n) is 6.43. The van der Waals surface area contributed by atoms with Crippen LogP contribution in [0.5, 0.6) is 23.0 Å². The minimum Gasteiger partial charge on any atom is -0.493 e. The molecule has 8 nitrogen and oxygen atoms in total. The van der Waals surface area contributed by atoms with Gasteiger partial charge in [-0.25, -0.2) is 0 Å². The van der Waals surface area contributed by atoms with Crippen molar-refractivity contribution in [2.45, 2.75) is 11.6 Å². The van der Waals surface area contributed by atoms with Gasteiger partial charge in [-0.2, -0.15) is 0 Å². The summed E-state index contributed by atoms with van der Waals surface area (Å²) in [6, 6.07) is 32.7. The van der Waals surface area contributed by atoms with E-state index in [1.807, 2.05) is 108 Å². The van der Waals surface area contributed by atoms with Crippen LogP contribution in [0.1, 0.15) is 11.4 Å². The maximum absolute atomic E-state index is 13.0. The van der Waals surface area contributed by atoms with Crippen molar-refractivity contribution in [1.29, 1.82) is 0 Å². The first-order chi connectivity index (χ1) is 20.1. The Morgan fingerprint density at radius 2 is 1.46 bits per heavy atom. The van der Waals surface area contributed by atoms with Gasteiger partial charge in [0.05, 0.1) is 20.0 Å². The molecule has 0 bridgehead atoms. The average molecular weight is 567 g/mol. The molecule has 0 spiro atoms. The molecule has 1 heterocycles. The lowest BCUT2D eigenvalue weighted by molar-refractivity contribution is -0.115. The van der Waals surface area contributed by atoms with Gasteiger partial charge in [-0.05, 0) is 66.2 Å². The summed E-state index contributed by atoms with van der Waals surface area (Å²) in [5.74, 6) is 3.66. The fourth-order valence-corrected chi connectivity index (χ4v) is 5.13. The Bertz CT molecular complexity index is 1590. The largest absolute Gasteiger partial charge is 0.493 e. The first-order valence-electron chi connectivity index (χ1n) is 13.0. The van der Waals surface area contributed by atoms with Crippen molar-refractivity contribution >= 4 is 23.4 Å². The number of methoxy groups -OCH3 is 2. The summed E-state index contributed by atoms with van der Waals surface area (Å²) in [6.07, 6.45) is 0.494. The lowest BCUT2D eigenvalue weighted by Gasteiger charge is -2.17. The van der Waals surface area contributed by atoms with Gasteiger partial charge in [0.25, 0.3) is 0 Å². The molecule has 1 aromatic heterocycles. The third kappa shape index (κ3) is 6.70. The van der Waals surface area contributed by atoms with E-state index in [0.717, 1.165) is 28.5 Å². The zero-order valence-electron chi connectivity index (χ0n) is 23.1. The lowest BCUT2D eigenvalue weighted by Crippen LogP contribution is -2.27. The number of carbonyl (C=O) groups is 1. The molecule has 0 saturated heterocycles. The topological polar surface area (TPSA) is 78.7 Å². The molecule has 5 rings (SSSR count). The molecule has 0 aliphatic carbocycles. The first kappa shape index (κ1) is 27.8. The van der Waals surface area contributed by atoms with E-state index in [2.05, 4.69) is 10.2 Å². The quantitative estimate of drug-likeness (QED) is 0.171. The van der Waals surface area contributed by atoms with Crippen LogP contribution in [0.25, 0.3) is 5.69 Å². The van der Waals surface area contributed by atoms with Crippen molar-refractivity contribution in [3.8, 4) is 28.7 Å². The van der Waals surface area contributed by atoms with E-state index in [0.29, 0.717) is 28.8 Å². The number of thioether (sulfide) groups is 1. The molecule has 5 aromatic rings. The molecule has 0 atom stereocenters. The Balaban J connectivity index is 1.42. The number of nitrogens with zero attached hydrogens (tertiary/aromatic N) is 4. The Morgan fingerprint density at radius 1 is 0.805 bits per heavy atom. The van der Waals surface area contributed by atoms with Gasteiger partial charge in [-0.1, -0.05) is 54.2 Å². The van der Waals surface area contributed by atoms with Crippen LogP contribution in [0.2, 0.25) is 0 Å². The number of hydrogen-bond donors (Lipinski definition) is 0. The number of rotatable bonds is 11. The molecule has 9 heteroatoms. The highest BCUT2D eigenvalue weighted by Crippen LogP contribution is 2.31. The lowest BCUT2D eigenvalue weighted by atomic mass is 10.1. The van der Waals surface area contributed by atoms with Crippen molar-refractivity contribution in [3.63, 3.8) is 0 Å². The number of benzene rings is 4. The summed E-state index contributed by atoms with van der Waals surface area (Å²) >= 11 is 1.35. The summed E-state index contributed by atoms with van der Waals surface area (Å²) < 4.78 is 18.8. The number of anilines is 1. The second-order valence-electron chi connectivity index (χ2n) is 9.09. The van der Waals surface area contributed by atoms with Crippen molar-refractivity contribution in [3.05, 3.63) is 115 Å². The van der Waals surface area contributed by atoms with Crippen LogP contribution in [-0.4, -0.2) is 47.7 Å². The zero-order chi connectivity index (χ0) is 28.6. The smallest absolute Gasteiger partial charge is 0.237 e. The molecular weight excluding hydrogens is 536 g/mol. The van der Waals surface area contributed by atoms with Gasteiger partial charge in [0.2, 0.25) is 5.91 Å². The predicted octanol–water partition coefficient (Wildman–Crippen LogP) is 6.42. The Morgan fingerprint density at radius 3 is 2.15 bits per heavy atom. The van der Waals surface area contributed by atoms with E-state index in [1.165, 1.54) is 11.8 Å². The van der Waals surface area contributed by atoms with E-state index in [1.54, 1.807) is 26.2 Å². The highest BCUT2D eigenvalue weighted by atomic mass is 32.2. The van der Waals surface area contributed by atoms with E-state index in [-0.39, 0.29) is 11.7 Å². The number of para-hydroxylation sites is 2. The minimum atomic E-state index is -0.0381. The number of aromatic nitrogens is 3. The van der Waals surface area contributed by atoms with Gasteiger partial charge in [-0.3, -0.25) is 9.36 Å². The van der Waals surface area contributed by atoms with Crippen LogP contribution >= 0.6 is 11.8 Å². The average Bonchev–Trinajstić information content (AvgIpc) is 3.42. The van der Waals surface area contributed by atoms with E-state index >= 15 is 0 Å². The second kappa shape index (κ2) is 13.1. The Kier molecular flexibility index (Phi) is 8.85. The third-order valence-corrected chi connectivity index (χ3v) is 7.34. The van der Waals surface area contributed by atoms with E-state index in [9.17, 15) is 4.79 Å². The van der Waals surface area contributed by atoms with Crippen LogP contribution in [0, 0.1) is 0 Å². The number of hydrogen-bond acceptors (Lipinski definition) is 7. The molecule has 41 heavy (non-hydrogen) atoms. The molecule has 0 radical (unpaired) electrons. The van der Waals surface area contributed by atoms with E-state index in [4.69, 9.17) is 14.2 Å². The summed E-state index contributed by atoms with van der Waals surface area (Å²) in [4.78, 5) is 14.7. The van der Waals surface area contributed by atoms with Gasteiger partial charge in [-0.15, -0.1) is 10.2 Å². The molecule has 0 fully saturated rings. The SMILES string of the molecule is COc1ccc(Cc2nnc(SCC(=O)N(C)c3ccccc3)n2-c2ccc(Oc3ccccc3)cc2)cc1OC. The molecule has 4 aromatic carbocycles. The molecule has 208 valence electrons. The van der Waals surface area contributed by atoms with Gasteiger partial charge in [0.15, 0.2) is 16.7 Å². The van der Waals surface area contributed by atoms with Crippen LogP contribution in [0.3, 0.4) is 0 Å². The molecule has 0 aliphatic heterocycles. The Hall–Kier alpha value is -4.76. The first-order valence-corrected chi connectivity index (χ1v) is 14.0. The molecule has 0 saturated carbocycles. The van der Waals surface area contributed by atoms with Crippen LogP contribution < -0.4 is 19.1 Å². The predicted molar refractivity (Wildman–Crippen MR) is 161 cm³/mol. The molecule has 0 aliphatic rings. The highest BCUT2D eigenvalue weighted by Gasteiger charge is 2.19. The standard InChI is InChI=1S/C32H30N4O4S/c1-35(24-10-6-4-7-11-24)31(37)22-41-32-34-33-30(21-23-14-19-28(38-2)29(20-23)39-3)36(32)25-15-17-27(18-16-25)40-26-12-8-5-9-13-26/h4-20H,21-22H2,1-3H3. The van der Waals surface area contributed by atoms with Gasteiger partial charge in [0.1, 0.15) is 17.3 Å². The van der Waals surface area contributed by atoms with Crippen molar-refractivity contribution in [1.82, 2.24) is 14.8 Å². The fraction of sp³-hybridized carbons (Fsp3) is 0.156. The van der Waals surface area contributed by atoms with Crippen LogP contribution in [0.4, 0.5) is 5.69 Å². The molecular formula is C32H30N4O4S. The maximum Gasteiger partial charge on any atom is 0.237 e. The summed E-state index contributed by atoms with van der Waals surface area (Å²) in [7, 11) is 5.00. The van der Waals surface area contributed by atoms with Crippen molar-refractivity contribution in [2.75, 3.05) is 31.9 Å².